The van der Waals surface area contributed by atoms with E-state index in [9.17, 15) is 0 Å². The van der Waals surface area contributed by atoms with Gasteiger partial charge in [0, 0.05) is 13.0 Å². The van der Waals surface area contributed by atoms with Crippen LogP contribution >= 0.6 is 0 Å². The van der Waals surface area contributed by atoms with Gasteiger partial charge < -0.3 is 8.85 Å². The zero-order valence-corrected chi connectivity index (χ0v) is 14.6. The van der Waals surface area contributed by atoms with Crippen molar-refractivity contribution >= 4 is 18.6 Å². The van der Waals surface area contributed by atoms with E-state index in [1.54, 1.807) is 0 Å². The van der Waals surface area contributed by atoms with E-state index < -0.39 is 29.4 Å². The molecule has 2 nitrogen and oxygen atoms in total. The predicted octanol–water partition coefficient (Wildman–Crippen LogP) is -0.736. The first-order valence-corrected chi connectivity index (χ1v) is 11.2. The molecule has 0 heterocycles. The molecule has 0 fully saturated rings. The van der Waals surface area contributed by atoms with E-state index in [2.05, 4.69) is 35.5 Å². The molecule has 0 atom stereocenters. The molecule has 21 heavy (non-hydrogen) atoms. The largest absolute Gasteiger partial charge is 0.425 e. The Balaban J connectivity index is 3.98. The average Bonchev–Trinajstić information content (AvgIpc) is 2.55. The van der Waals surface area contributed by atoms with Crippen LogP contribution in [0, 0.1) is 84.9 Å². The maximum Gasteiger partial charge on any atom is 0.175 e. The molecule has 0 unspecified atom stereocenters. The van der Waals surface area contributed by atoms with Gasteiger partial charge in [0.05, 0.1) is 6.61 Å². The van der Waals surface area contributed by atoms with E-state index in [1.807, 2.05) is 0 Å². The zero-order valence-electron chi connectivity index (χ0n) is 11.8. The second-order valence-corrected chi connectivity index (χ2v) is 8.17. The lowest BCUT2D eigenvalue weighted by Crippen LogP contribution is -2.25. The molecule has 0 aromatic heterocycles. The van der Waals surface area contributed by atoms with Crippen molar-refractivity contribution in [1.29, 1.82) is 0 Å². The molecule has 0 radical (unpaired) electrons. The minimum Gasteiger partial charge on any atom is -0.425 e. The van der Waals surface area contributed by atoms with E-state index >= 15 is 0 Å². The minimum absolute atomic E-state index is 0.169. The van der Waals surface area contributed by atoms with Crippen molar-refractivity contribution in [3.8, 4) is 74.1 Å². The number of hydrogen-bond acceptors (Lipinski definition) is 2. The van der Waals surface area contributed by atoms with Crippen molar-refractivity contribution in [2.24, 2.45) is 10.8 Å². The molecule has 0 bridgehead atoms. The molecule has 0 aliphatic carbocycles. The molecule has 104 valence electrons. The van der Waals surface area contributed by atoms with Gasteiger partial charge in [0.1, 0.15) is 0 Å². The van der Waals surface area contributed by atoms with Crippen molar-refractivity contribution in [3.63, 3.8) is 0 Å². The molecule has 0 spiro atoms. The molecule has 4 heteroatoms. The molecular weight excluding hydrogens is 292 g/mol. The summed E-state index contributed by atoms with van der Waals surface area (Å²) < 4.78 is 11.1. The standard InChI is InChI=1S/C17H16O2Si2/c1-7-16(8-2,9-3)13-14-18-20-21-19-15-17(10-4,11-5)12-6/h1-6H,13-15,20-21H2. The molecule has 0 aromatic rings. The molecule has 0 aliphatic rings. The van der Waals surface area contributed by atoms with Crippen molar-refractivity contribution in [2.45, 2.75) is 6.42 Å². The summed E-state index contributed by atoms with van der Waals surface area (Å²) >= 11 is 0. The summed E-state index contributed by atoms with van der Waals surface area (Å²) in [6, 6.07) is 0. The third kappa shape index (κ3) is 5.69. The average molecular weight is 308 g/mol. The molecular formula is C17H16O2Si2. The summed E-state index contributed by atoms with van der Waals surface area (Å²) in [5.41, 5.74) is -2.03. The SMILES string of the molecule is C#CC(C#C)(C#C)CCO[SiH2][SiH2]OCC(C#C)(C#C)C#C. The van der Waals surface area contributed by atoms with Crippen LogP contribution in [0.15, 0.2) is 0 Å². The lowest BCUT2D eigenvalue weighted by Gasteiger charge is -2.16. The van der Waals surface area contributed by atoms with Crippen LogP contribution in [0.3, 0.4) is 0 Å². The Morgan fingerprint density at radius 1 is 0.667 bits per heavy atom. The van der Waals surface area contributed by atoms with E-state index in [0.29, 0.717) is 13.0 Å². The van der Waals surface area contributed by atoms with Crippen LogP contribution in [0.5, 0.6) is 0 Å². The van der Waals surface area contributed by atoms with Crippen LogP contribution in [0.1, 0.15) is 6.42 Å². The van der Waals surface area contributed by atoms with Crippen LogP contribution in [-0.2, 0) is 8.85 Å². The second kappa shape index (κ2) is 9.59. The highest BCUT2D eigenvalue weighted by Gasteiger charge is 2.22. The minimum atomic E-state index is -1.06. The molecule has 0 aromatic carbocycles. The summed E-state index contributed by atoms with van der Waals surface area (Å²) in [7, 11) is -1.57. The molecule has 0 N–H and O–H groups in total. The fraction of sp³-hybridized carbons (Fsp3) is 0.294. The Hall–Kier alpha value is -2.29. The fourth-order valence-corrected chi connectivity index (χ4v) is 4.05. The third-order valence-electron chi connectivity index (χ3n) is 2.79. The first kappa shape index (κ1) is 18.7. The quantitative estimate of drug-likeness (QED) is 0.334. The van der Waals surface area contributed by atoms with E-state index in [0.717, 1.165) is 0 Å². The first-order valence-electron chi connectivity index (χ1n) is 6.09. The molecule has 0 aliphatic heterocycles. The Labute approximate surface area is 132 Å². The Morgan fingerprint density at radius 3 is 1.52 bits per heavy atom. The molecule has 0 rings (SSSR count). The fourth-order valence-electron chi connectivity index (χ4n) is 1.26. The number of terminal acetylenes is 6. The first-order chi connectivity index (χ1) is 10.1. The van der Waals surface area contributed by atoms with E-state index in [-0.39, 0.29) is 6.61 Å². The van der Waals surface area contributed by atoms with Crippen LogP contribution in [0.2, 0.25) is 0 Å². The Morgan fingerprint density at radius 2 is 1.10 bits per heavy atom. The van der Waals surface area contributed by atoms with Crippen molar-refractivity contribution in [1.82, 2.24) is 0 Å². The van der Waals surface area contributed by atoms with E-state index in [4.69, 9.17) is 47.4 Å². The highest BCUT2D eigenvalue weighted by atomic mass is 29.2. The lowest BCUT2D eigenvalue weighted by atomic mass is 9.88. The van der Waals surface area contributed by atoms with Crippen LogP contribution in [0.25, 0.3) is 0 Å². The summed E-state index contributed by atoms with van der Waals surface area (Å²) in [5, 5.41) is 0. The second-order valence-electron chi connectivity index (χ2n) is 4.09. The van der Waals surface area contributed by atoms with Gasteiger partial charge in [-0.1, -0.05) is 35.5 Å². The summed E-state index contributed by atoms with van der Waals surface area (Å²) in [6.45, 7) is 0.591. The molecule has 0 saturated carbocycles. The van der Waals surface area contributed by atoms with Crippen LogP contribution in [-0.4, -0.2) is 31.8 Å². The van der Waals surface area contributed by atoms with Gasteiger partial charge in [0.2, 0.25) is 0 Å². The number of rotatable bonds is 8. The van der Waals surface area contributed by atoms with Crippen LogP contribution < -0.4 is 0 Å². The molecule has 0 saturated heterocycles. The Kier molecular flexibility index (Phi) is 8.55. The van der Waals surface area contributed by atoms with Gasteiger partial charge in [-0.3, -0.25) is 0 Å². The van der Waals surface area contributed by atoms with E-state index in [1.165, 1.54) is 0 Å². The summed E-state index contributed by atoms with van der Waals surface area (Å²) in [5.74, 6) is 14.5. The van der Waals surface area contributed by atoms with Crippen molar-refractivity contribution in [2.75, 3.05) is 13.2 Å². The summed E-state index contributed by atoms with van der Waals surface area (Å²) in [6.07, 6.45) is 32.4. The van der Waals surface area contributed by atoms with Gasteiger partial charge in [-0.15, -0.1) is 38.5 Å². The van der Waals surface area contributed by atoms with Gasteiger partial charge in [-0.2, -0.15) is 0 Å². The third-order valence-corrected chi connectivity index (χ3v) is 6.26. The lowest BCUT2D eigenvalue weighted by molar-refractivity contribution is 0.284. The maximum atomic E-state index is 5.54. The van der Waals surface area contributed by atoms with Gasteiger partial charge in [0.25, 0.3) is 0 Å². The maximum absolute atomic E-state index is 5.54. The van der Waals surface area contributed by atoms with Gasteiger partial charge in [-0.05, 0) is 0 Å². The highest BCUT2D eigenvalue weighted by molar-refractivity contribution is 6.93. The Bertz CT molecular complexity index is 468. The molecule has 0 amide bonds. The smallest absolute Gasteiger partial charge is 0.175 e. The summed E-state index contributed by atoms with van der Waals surface area (Å²) in [4.78, 5) is 0. The van der Waals surface area contributed by atoms with Gasteiger partial charge >= 0.3 is 0 Å². The van der Waals surface area contributed by atoms with Crippen molar-refractivity contribution < 1.29 is 8.85 Å². The highest BCUT2D eigenvalue weighted by Crippen LogP contribution is 2.18. The van der Waals surface area contributed by atoms with Crippen LogP contribution in [0.4, 0.5) is 0 Å². The zero-order chi connectivity index (χ0) is 16.2. The van der Waals surface area contributed by atoms with Gasteiger partial charge in [0.15, 0.2) is 29.4 Å². The van der Waals surface area contributed by atoms with Crippen molar-refractivity contribution in [3.05, 3.63) is 0 Å². The monoisotopic (exact) mass is 308 g/mol. The number of hydrogen-bond donors (Lipinski definition) is 0. The van der Waals surface area contributed by atoms with Gasteiger partial charge in [-0.25, -0.2) is 0 Å². The predicted molar refractivity (Wildman–Crippen MR) is 91.5 cm³/mol. The topological polar surface area (TPSA) is 18.5 Å². The normalized spacial score (nSPS) is 11.1.